The number of nitrogens with zero attached hydrogens (tertiary/aromatic N) is 1. The summed E-state index contributed by atoms with van der Waals surface area (Å²) in [6, 6.07) is 9.05. The molecule has 0 radical (unpaired) electrons. The van der Waals surface area contributed by atoms with Gasteiger partial charge in [-0.3, -0.25) is 4.99 Å². The van der Waals surface area contributed by atoms with Crippen LogP contribution in [0.2, 0.25) is 5.02 Å². The van der Waals surface area contributed by atoms with Crippen molar-refractivity contribution in [3.8, 4) is 0 Å². The quantitative estimate of drug-likeness (QED) is 0.652. The fourth-order valence-electron chi connectivity index (χ4n) is 4.57. The number of halogens is 1. The zero-order valence-electron chi connectivity index (χ0n) is 14.6. The summed E-state index contributed by atoms with van der Waals surface area (Å²) in [4.78, 5) is 4.44. The average molecular weight is 348 g/mol. The molecule has 5 atom stereocenters. The van der Waals surface area contributed by atoms with E-state index < -0.39 is 0 Å². The third-order valence-electron chi connectivity index (χ3n) is 6.01. The van der Waals surface area contributed by atoms with E-state index in [0.717, 1.165) is 30.4 Å². The summed E-state index contributed by atoms with van der Waals surface area (Å²) < 4.78 is 5.88. The molecule has 0 aromatic heterocycles. The van der Waals surface area contributed by atoms with Crippen molar-refractivity contribution in [1.29, 1.82) is 0 Å². The summed E-state index contributed by atoms with van der Waals surface area (Å²) in [6.45, 7) is 5.47. The van der Waals surface area contributed by atoms with Crippen LogP contribution in [0.1, 0.15) is 38.2 Å². The Labute approximate surface area is 149 Å². The highest BCUT2D eigenvalue weighted by Crippen LogP contribution is 2.52. The molecular formula is C19H26ClN3O. The second kappa shape index (κ2) is 5.92. The van der Waals surface area contributed by atoms with Crippen molar-refractivity contribution < 1.29 is 4.74 Å². The number of hydrogen-bond acceptors (Lipinski definition) is 2. The predicted octanol–water partition coefficient (Wildman–Crippen LogP) is 3.17. The molecule has 1 aromatic carbocycles. The Balaban J connectivity index is 1.36. The van der Waals surface area contributed by atoms with Gasteiger partial charge in [0.15, 0.2) is 5.96 Å². The minimum absolute atomic E-state index is 0.161. The highest BCUT2D eigenvalue weighted by atomic mass is 35.5. The van der Waals surface area contributed by atoms with Gasteiger partial charge in [0.2, 0.25) is 0 Å². The van der Waals surface area contributed by atoms with Gasteiger partial charge in [-0.15, -0.1) is 0 Å². The van der Waals surface area contributed by atoms with Crippen LogP contribution in [-0.2, 0) is 4.74 Å². The molecule has 24 heavy (non-hydrogen) atoms. The molecule has 5 unspecified atom stereocenters. The number of hydrogen-bond donors (Lipinski definition) is 2. The van der Waals surface area contributed by atoms with Gasteiger partial charge in [0.05, 0.1) is 6.10 Å². The molecule has 2 aliphatic carbocycles. The second-order valence-electron chi connectivity index (χ2n) is 7.91. The highest BCUT2D eigenvalue weighted by Gasteiger charge is 2.59. The summed E-state index contributed by atoms with van der Waals surface area (Å²) in [7, 11) is 1.85. The van der Waals surface area contributed by atoms with Gasteiger partial charge in [-0.2, -0.15) is 0 Å². The highest BCUT2D eigenvalue weighted by molar-refractivity contribution is 6.30. The zero-order valence-corrected chi connectivity index (χ0v) is 15.3. The number of nitrogens with one attached hydrogen (secondary N) is 2. The van der Waals surface area contributed by atoms with Crippen LogP contribution in [0.5, 0.6) is 0 Å². The predicted molar refractivity (Wildman–Crippen MR) is 97.6 cm³/mol. The van der Waals surface area contributed by atoms with Crippen LogP contribution >= 0.6 is 11.6 Å². The van der Waals surface area contributed by atoms with Gasteiger partial charge in [-0.05, 0) is 30.5 Å². The van der Waals surface area contributed by atoms with Crippen LogP contribution in [0, 0.1) is 11.3 Å². The van der Waals surface area contributed by atoms with Crippen molar-refractivity contribution in [3.63, 3.8) is 0 Å². The number of ether oxygens (including phenoxy) is 1. The maximum absolute atomic E-state index is 6.11. The Morgan fingerprint density at radius 3 is 2.92 bits per heavy atom. The summed E-state index contributed by atoms with van der Waals surface area (Å²) in [5, 5.41) is 8.04. The lowest BCUT2D eigenvalue weighted by Gasteiger charge is -2.54. The molecule has 0 amide bonds. The van der Waals surface area contributed by atoms with Crippen LogP contribution in [0.25, 0.3) is 0 Å². The summed E-state index contributed by atoms with van der Waals surface area (Å²) in [6.07, 6.45) is 2.68. The molecule has 0 spiro atoms. The Bertz CT molecular complexity index is 660. The SMILES string of the molecule is CN=C(NC1CC1c1cccc(Cl)c1)NC1C2CCOC2C1(C)C. The molecule has 1 saturated heterocycles. The van der Waals surface area contributed by atoms with Crippen LogP contribution in [0.3, 0.4) is 0 Å². The maximum atomic E-state index is 6.11. The lowest BCUT2D eigenvalue weighted by atomic mass is 9.57. The standard InChI is InChI=1S/C19H26ClN3O/c1-19(2)16(13-7-8-24-17(13)19)23-18(21-3)22-15-10-14(15)11-5-4-6-12(20)9-11/h4-6,9,13-17H,7-8,10H2,1-3H3,(H2,21,22,23). The molecule has 1 heterocycles. The Morgan fingerprint density at radius 1 is 1.33 bits per heavy atom. The molecule has 2 N–H and O–H groups in total. The Morgan fingerprint density at radius 2 is 2.17 bits per heavy atom. The van der Waals surface area contributed by atoms with E-state index in [9.17, 15) is 0 Å². The number of rotatable bonds is 3. The van der Waals surface area contributed by atoms with E-state index in [2.05, 4.69) is 41.6 Å². The maximum Gasteiger partial charge on any atom is 0.191 e. The number of guanidine groups is 1. The van der Waals surface area contributed by atoms with Gasteiger partial charge in [0.1, 0.15) is 0 Å². The summed E-state index contributed by atoms with van der Waals surface area (Å²) in [5.74, 6) is 2.05. The first kappa shape index (κ1) is 16.2. The molecule has 1 aromatic rings. The van der Waals surface area contributed by atoms with Gasteiger partial charge in [0, 0.05) is 48.0 Å². The third kappa shape index (κ3) is 2.70. The number of benzene rings is 1. The molecule has 4 nitrogen and oxygen atoms in total. The molecule has 0 bridgehead atoms. The number of fused-ring (bicyclic) bond motifs is 1. The minimum atomic E-state index is 0.161. The van der Waals surface area contributed by atoms with Crippen molar-refractivity contribution >= 4 is 17.6 Å². The first-order chi connectivity index (χ1) is 11.5. The van der Waals surface area contributed by atoms with Gasteiger partial charge >= 0.3 is 0 Å². The third-order valence-corrected chi connectivity index (χ3v) is 6.24. The van der Waals surface area contributed by atoms with Gasteiger partial charge in [-0.25, -0.2) is 0 Å². The van der Waals surface area contributed by atoms with E-state index in [-0.39, 0.29) is 5.41 Å². The number of aliphatic imine (C=N–C) groups is 1. The van der Waals surface area contributed by atoms with Gasteiger partial charge in [-0.1, -0.05) is 37.6 Å². The first-order valence-corrected chi connectivity index (χ1v) is 9.25. The van der Waals surface area contributed by atoms with Crippen LogP contribution in [-0.4, -0.2) is 37.8 Å². The van der Waals surface area contributed by atoms with Gasteiger partial charge in [0.25, 0.3) is 0 Å². The summed E-state index contributed by atoms with van der Waals surface area (Å²) >= 11 is 6.11. The van der Waals surface area contributed by atoms with Crippen LogP contribution < -0.4 is 10.6 Å². The molecule has 5 heteroatoms. The topological polar surface area (TPSA) is 45.7 Å². The fourth-order valence-corrected chi connectivity index (χ4v) is 4.77. The van der Waals surface area contributed by atoms with E-state index in [4.69, 9.17) is 16.3 Å². The van der Waals surface area contributed by atoms with Crippen molar-refractivity contribution in [2.24, 2.45) is 16.3 Å². The first-order valence-electron chi connectivity index (χ1n) is 8.87. The van der Waals surface area contributed by atoms with E-state index in [0.29, 0.717) is 30.0 Å². The molecule has 130 valence electrons. The van der Waals surface area contributed by atoms with Gasteiger partial charge < -0.3 is 15.4 Å². The van der Waals surface area contributed by atoms with E-state index in [1.807, 2.05) is 19.2 Å². The van der Waals surface area contributed by atoms with Crippen LogP contribution in [0.4, 0.5) is 0 Å². The minimum Gasteiger partial charge on any atom is -0.377 e. The molecular weight excluding hydrogens is 322 g/mol. The van der Waals surface area contributed by atoms with Crippen LogP contribution in [0.15, 0.2) is 29.3 Å². The van der Waals surface area contributed by atoms with E-state index >= 15 is 0 Å². The monoisotopic (exact) mass is 347 g/mol. The molecule has 2 saturated carbocycles. The Kier molecular flexibility index (Phi) is 4.00. The second-order valence-corrected chi connectivity index (χ2v) is 8.34. The van der Waals surface area contributed by atoms with Crippen molar-refractivity contribution in [3.05, 3.63) is 34.9 Å². The Hall–Kier alpha value is -1.26. The van der Waals surface area contributed by atoms with E-state index in [1.165, 1.54) is 5.56 Å². The molecule has 4 rings (SSSR count). The van der Waals surface area contributed by atoms with E-state index in [1.54, 1.807) is 0 Å². The zero-order chi connectivity index (χ0) is 16.9. The molecule has 3 aliphatic rings. The molecule has 1 aliphatic heterocycles. The van der Waals surface area contributed by atoms with Crippen molar-refractivity contribution in [1.82, 2.24) is 10.6 Å². The lowest BCUT2D eigenvalue weighted by molar-refractivity contribution is -0.106. The lowest BCUT2D eigenvalue weighted by Crippen LogP contribution is -2.68. The normalized spacial score (nSPS) is 36.7. The average Bonchev–Trinajstić information content (AvgIpc) is 3.17. The smallest absolute Gasteiger partial charge is 0.191 e. The molecule has 3 fully saturated rings. The fraction of sp³-hybridized carbons (Fsp3) is 0.632. The van der Waals surface area contributed by atoms with Crippen molar-refractivity contribution in [2.45, 2.75) is 50.8 Å². The largest absolute Gasteiger partial charge is 0.377 e. The van der Waals surface area contributed by atoms with Crippen molar-refractivity contribution in [2.75, 3.05) is 13.7 Å². The summed E-state index contributed by atoms with van der Waals surface area (Å²) in [5.41, 5.74) is 1.47.